The molecule has 1 fully saturated rings. The number of carbonyl (C=O) groups excluding carboxylic acids is 1. The summed E-state index contributed by atoms with van der Waals surface area (Å²) in [5, 5.41) is 7.80. The van der Waals surface area contributed by atoms with E-state index in [1.807, 2.05) is 36.7 Å². The number of benzene rings is 2. The average Bonchev–Trinajstić information content (AvgIpc) is 3.17. The molecule has 1 aromatic heterocycles. The van der Waals surface area contributed by atoms with E-state index in [9.17, 15) is 4.79 Å². The minimum atomic E-state index is -0.119. The Labute approximate surface area is 213 Å². The highest BCUT2D eigenvalue weighted by Gasteiger charge is 2.23. The van der Waals surface area contributed by atoms with Crippen molar-refractivity contribution >= 4 is 12.0 Å². The van der Waals surface area contributed by atoms with E-state index < -0.39 is 0 Å². The van der Waals surface area contributed by atoms with Crippen molar-refractivity contribution in [2.45, 2.75) is 33.4 Å². The molecular weight excluding hydrogens is 452 g/mol. The molecule has 0 spiro atoms. The van der Waals surface area contributed by atoms with Crippen molar-refractivity contribution < 1.29 is 14.3 Å². The molecule has 1 atom stereocenters. The number of rotatable bonds is 9. The summed E-state index contributed by atoms with van der Waals surface area (Å²) in [6, 6.07) is 16.6. The molecule has 2 aromatic carbocycles. The van der Waals surface area contributed by atoms with Crippen LogP contribution in [0.25, 0.3) is 6.08 Å². The Morgan fingerprint density at radius 2 is 1.78 bits per heavy atom. The second-order valence-electron chi connectivity index (χ2n) is 9.24. The van der Waals surface area contributed by atoms with E-state index in [0.717, 1.165) is 41.4 Å². The lowest BCUT2D eigenvalue weighted by molar-refractivity contribution is -0.116. The molecule has 7 heteroatoms. The standard InChI is InChI=1S/C29H36N4O3/c1-21-5-7-24(8-6-21)20-33-23(3)27(22(2)31-33)13-14-29(34)30-19-28(32-15-17-36-18-16-32)25-9-11-26(35-4)12-10-25/h5-14,28H,15-20H2,1-4H3,(H,30,34)/b14-13+. The van der Waals surface area contributed by atoms with Crippen molar-refractivity contribution in [3.63, 3.8) is 0 Å². The summed E-state index contributed by atoms with van der Waals surface area (Å²) in [5.41, 5.74) is 6.52. The Morgan fingerprint density at radius 3 is 2.44 bits per heavy atom. The third-order valence-corrected chi connectivity index (χ3v) is 6.75. The van der Waals surface area contributed by atoms with E-state index >= 15 is 0 Å². The molecule has 1 N–H and O–H groups in total. The van der Waals surface area contributed by atoms with Crippen LogP contribution in [0.3, 0.4) is 0 Å². The number of carbonyl (C=O) groups is 1. The number of nitrogens with one attached hydrogen (secondary N) is 1. The van der Waals surface area contributed by atoms with Crippen molar-refractivity contribution in [3.05, 3.63) is 88.2 Å². The van der Waals surface area contributed by atoms with Crippen LogP contribution in [0.1, 0.15) is 39.7 Å². The highest BCUT2D eigenvalue weighted by Crippen LogP contribution is 2.24. The maximum atomic E-state index is 12.8. The Balaban J connectivity index is 1.42. The lowest BCUT2D eigenvalue weighted by atomic mass is 10.0. The summed E-state index contributed by atoms with van der Waals surface area (Å²) in [6.45, 7) is 10.4. The fourth-order valence-corrected chi connectivity index (χ4v) is 4.56. The van der Waals surface area contributed by atoms with Gasteiger partial charge in [-0.1, -0.05) is 42.0 Å². The number of aromatic nitrogens is 2. The molecule has 1 saturated heterocycles. The van der Waals surface area contributed by atoms with Gasteiger partial charge in [-0.05, 0) is 50.1 Å². The van der Waals surface area contributed by atoms with Gasteiger partial charge in [0.1, 0.15) is 5.75 Å². The topological polar surface area (TPSA) is 68.6 Å². The molecule has 1 amide bonds. The molecule has 190 valence electrons. The summed E-state index contributed by atoms with van der Waals surface area (Å²) in [7, 11) is 1.66. The van der Waals surface area contributed by atoms with E-state index in [1.54, 1.807) is 13.2 Å². The summed E-state index contributed by atoms with van der Waals surface area (Å²) >= 11 is 0. The monoisotopic (exact) mass is 488 g/mol. The number of amides is 1. The minimum Gasteiger partial charge on any atom is -0.497 e. The molecular formula is C29H36N4O3. The maximum absolute atomic E-state index is 12.8. The van der Waals surface area contributed by atoms with Crippen LogP contribution in [0.15, 0.2) is 54.6 Å². The number of methoxy groups -OCH3 is 1. The Morgan fingerprint density at radius 1 is 1.08 bits per heavy atom. The first kappa shape index (κ1) is 25.7. The molecule has 36 heavy (non-hydrogen) atoms. The van der Waals surface area contributed by atoms with Crippen molar-refractivity contribution in [1.29, 1.82) is 0 Å². The number of ether oxygens (including phenoxy) is 2. The molecule has 4 rings (SSSR count). The molecule has 0 saturated carbocycles. The zero-order chi connectivity index (χ0) is 25.5. The van der Waals surface area contributed by atoms with Gasteiger partial charge in [-0.3, -0.25) is 14.4 Å². The van der Waals surface area contributed by atoms with Gasteiger partial charge in [0, 0.05) is 37.0 Å². The van der Waals surface area contributed by atoms with Gasteiger partial charge in [0.2, 0.25) is 5.91 Å². The maximum Gasteiger partial charge on any atom is 0.244 e. The highest BCUT2D eigenvalue weighted by atomic mass is 16.5. The minimum absolute atomic E-state index is 0.0675. The predicted octanol–water partition coefficient (Wildman–Crippen LogP) is 4.07. The SMILES string of the molecule is COc1ccc(C(CNC(=O)/C=C/c2c(C)nn(Cc3ccc(C)cc3)c2C)N2CCOCC2)cc1. The lowest BCUT2D eigenvalue weighted by Gasteiger charge is -2.34. The van der Waals surface area contributed by atoms with E-state index in [2.05, 4.69) is 53.5 Å². The van der Waals surface area contributed by atoms with E-state index in [-0.39, 0.29) is 11.9 Å². The van der Waals surface area contributed by atoms with Crippen molar-refractivity contribution in [3.8, 4) is 5.75 Å². The average molecular weight is 489 g/mol. The van der Waals surface area contributed by atoms with Crippen LogP contribution in [-0.4, -0.2) is 60.5 Å². The second-order valence-corrected chi connectivity index (χ2v) is 9.24. The number of hydrogen-bond acceptors (Lipinski definition) is 5. The lowest BCUT2D eigenvalue weighted by Crippen LogP contribution is -2.43. The predicted molar refractivity (Wildman–Crippen MR) is 142 cm³/mol. The molecule has 2 heterocycles. The quantitative estimate of drug-likeness (QED) is 0.460. The van der Waals surface area contributed by atoms with Crippen LogP contribution in [0.4, 0.5) is 0 Å². The van der Waals surface area contributed by atoms with Gasteiger partial charge in [0.15, 0.2) is 0 Å². The molecule has 0 aliphatic carbocycles. The molecule has 0 radical (unpaired) electrons. The molecule has 7 nitrogen and oxygen atoms in total. The fraction of sp³-hybridized carbons (Fsp3) is 0.379. The van der Waals surface area contributed by atoms with Crippen LogP contribution < -0.4 is 10.1 Å². The number of aryl methyl sites for hydroxylation is 2. The first-order chi connectivity index (χ1) is 17.4. The van der Waals surface area contributed by atoms with Crippen LogP contribution in [0, 0.1) is 20.8 Å². The normalized spacial score (nSPS) is 15.2. The first-order valence-electron chi connectivity index (χ1n) is 12.5. The van der Waals surface area contributed by atoms with Gasteiger partial charge in [0.05, 0.1) is 38.6 Å². The Hall–Kier alpha value is -3.42. The molecule has 3 aromatic rings. The number of nitrogens with zero attached hydrogens (tertiary/aromatic N) is 3. The third kappa shape index (κ3) is 6.42. The largest absolute Gasteiger partial charge is 0.497 e. The highest BCUT2D eigenvalue weighted by molar-refractivity contribution is 5.92. The van der Waals surface area contributed by atoms with Gasteiger partial charge in [-0.25, -0.2) is 0 Å². The van der Waals surface area contributed by atoms with E-state index in [4.69, 9.17) is 14.6 Å². The summed E-state index contributed by atoms with van der Waals surface area (Å²) in [6.07, 6.45) is 3.48. The fourth-order valence-electron chi connectivity index (χ4n) is 4.56. The molecule has 1 unspecified atom stereocenters. The number of morpholine rings is 1. The van der Waals surface area contributed by atoms with Crippen molar-refractivity contribution in [1.82, 2.24) is 20.0 Å². The van der Waals surface area contributed by atoms with Gasteiger partial charge < -0.3 is 14.8 Å². The van der Waals surface area contributed by atoms with Crippen molar-refractivity contribution in [2.24, 2.45) is 0 Å². The zero-order valence-corrected chi connectivity index (χ0v) is 21.7. The van der Waals surface area contributed by atoms with Gasteiger partial charge >= 0.3 is 0 Å². The zero-order valence-electron chi connectivity index (χ0n) is 21.7. The van der Waals surface area contributed by atoms with E-state index in [1.165, 1.54) is 11.1 Å². The molecule has 0 bridgehead atoms. The second kappa shape index (κ2) is 12.0. The summed E-state index contributed by atoms with van der Waals surface area (Å²) in [5.74, 6) is 0.701. The third-order valence-electron chi connectivity index (χ3n) is 6.75. The first-order valence-corrected chi connectivity index (χ1v) is 12.5. The summed E-state index contributed by atoms with van der Waals surface area (Å²) in [4.78, 5) is 15.2. The van der Waals surface area contributed by atoms with Gasteiger partial charge in [-0.2, -0.15) is 5.10 Å². The Kier molecular flexibility index (Phi) is 8.57. The van der Waals surface area contributed by atoms with Crippen LogP contribution in [0.2, 0.25) is 0 Å². The van der Waals surface area contributed by atoms with Crippen LogP contribution in [0.5, 0.6) is 5.75 Å². The van der Waals surface area contributed by atoms with Gasteiger partial charge in [-0.15, -0.1) is 0 Å². The molecule has 1 aliphatic rings. The summed E-state index contributed by atoms with van der Waals surface area (Å²) < 4.78 is 12.8. The van der Waals surface area contributed by atoms with Crippen LogP contribution in [-0.2, 0) is 16.1 Å². The number of hydrogen-bond donors (Lipinski definition) is 1. The Bertz CT molecular complexity index is 1180. The van der Waals surface area contributed by atoms with Crippen LogP contribution >= 0.6 is 0 Å². The smallest absolute Gasteiger partial charge is 0.244 e. The van der Waals surface area contributed by atoms with Gasteiger partial charge in [0.25, 0.3) is 0 Å². The van der Waals surface area contributed by atoms with E-state index in [0.29, 0.717) is 26.3 Å². The molecule has 1 aliphatic heterocycles. The van der Waals surface area contributed by atoms with Crippen molar-refractivity contribution in [2.75, 3.05) is 40.0 Å².